The van der Waals surface area contributed by atoms with Crippen molar-refractivity contribution >= 4 is 11.5 Å². The van der Waals surface area contributed by atoms with Crippen molar-refractivity contribution in [3.8, 4) is 0 Å². The van der Waals surface area contributed by atoms with Gasteiger partial charge in [-0.3, -0.25) is 0 Å². The van der Waals surface area contributed by atoms with Gasteiger partial charge >= 0.3 is 0 Å². The molecule has 3 N–H and O–H groups in total. The molecule has 2 rings (SSSR count). The Bertz CT molecular complexity index is 340. The summed E-state index contributed by atoms with van der Waals surface area (Å²) >= 11 is 0. The molecule has 1 aromatic heterocycles. The lowest BCUT2D eigenvalue weighted by molar-refractivity contribution is 0.862. The molecule has 0 radical (unpaired) electrons. The van der Waals surface area contributed by atoms with Crippen molar-refractivity contribution in [2.24, 2.45) is 0 Å². The van der Waals surface area contributed by atoms with Crippen molar-refractivity contribution in [3.63, 3.8) is 0 Å². The quantitative estimate of drug-likeness (QED) is 0.739. The van der Waals surface area contributed by atoms with E-state index in [1.165, 1.54) is 19.3 Å². The lowest BCUT2D eigenvalue weighted by Crippen LogP contribution is -2.04. The smallest absolute Gasteiger partial charge is 0.126 e. The second-order valence-corrected chi connectivity index (χ2v) is 3.91. The topological polar surface area (TPSA) is 50.9 Å². The Morgan fingerprint density at radius 3 is 3.00 bits per heavy atom. The highest BCUT2D eigenvalue weighted by Crippen LogP contribution is 2.20. The zero-order valence-corrected chi connectivity index (χ0v) is 8.87. The van der Waals surface area contributed by atoms with E-state index < -0.39 is 0 Å². The molecule has 0 spiro atoms. The van der Waals surface area contributed by atoms with Crippen LogP contribution in [-0.4, -0.2) is 11.5 Å². The summed E-state index contributed by atoms with van der Waals surface area (Å²) < 4.78 is 0. The van der Waals surface area contributed by atoms with Crippen LogP contribution in [0.1, 0.15) is 25.7 Å². The number of nitrogens with zero attached hydrogens (tertiary/aromatic N) is 1. The van der Waals surface area contributed by atoms with Crippen LogP contribution in [0, 0.1) is 0 Å². The van der Waals surface area contributed by atoms with Crippen LogP contribution in [-0.2, 0) is 0 Å². The Labute approximate surface area is 90.4 Å². The Morgan fingerprint density at radius 2 is 2.33 bits per heavy atom. The van der Waals surface area contributed by atoms with Crippen LogP contribution in [0.3, 0.4) is 0 Å². The largest absolute Gasteiger partial charge is 0.397 e. The number of allylic oxidation sites excluding steroid dienone is 1. The van der Waals surface area contributed by atoms with Gasteiger partial charge in [-0.2, -0.15) is 0 Å². The fourth-order valence-electron chi connectivity index (χ4n) is 1.83. The first-order chi connectivity index (χ1) is 7.34. The molecule has 0 aliphatic heterocycles. The van der Waals surface area contributed by atoms with E-state index >= 15 is 0 Å². The molecule has 0 bridgehead atoms. The molecule has 1 aliphatic carbocycles. The molecule has 15 heavy (non-hydrogen) atoms. The molecule has 3 nitrogen and oxygen atoms in total. The van der Waals surface area contributed by atoms with Gasteiger partial charge in [0, 0.05) is 6.54 Å². The molecule has 0 fully saturated rings. The molecule has 1 aliphatic rings. The Kier molecular flexibility index (Phi) is 3.22. The molecule has 1 aromatic rings. The number of nitrogen functional groups attached to an aromatic ring is 1. The first-order valence-corrected chi connectivity index (χ1v) is 5.48. The molecule has 80 valence electrons. The van der Waals surface area contributed by atoms with Gasteiger partial charge in [0.05, 0.1) is 11.9 Å². The van der Waals surface area contributed by atoms with Crippen LogP contribution in [0.2, 0.25) is 0 Å². The number of hydrogen-bond donors (Lipinski definition) is 2. The van der Waals surface area contributed by atoms with E-state index in [1.807, 2.05) is 12.1 Å². The van der Waals surface area contributed by atoms with E-state index in [0.717, 1.165) is 18.8 Å². The molecule has 1 heterocycles. The highest BCUT2D eigenvalue weighted by atomic mass is 15.0. The maximum Gasteiger partial charge on any atom is 0.126 e. The fourth-order valence-corrected chi connectivity index (χ4v) is 1.83. The fraction of sp³-hybridized carbons (Fsp3) is 0.417. The highest BCUT2D eigenvalue weighted by molar-refractivity contribution is 5.43. The van der Waals surface area contributed by atoms with Crippen molar-refractivity contribution in [1.29, 1.82) is 0 Å². The second kappa shape index (κ2) is 4.82. The van der Waals surface area contributed by atoms with E-state index in [2.05, 4.69) is 16.4 Å². The van der Waals surface area contributed by atoms with Gasteiger partial charge in [0.25, 0.3) is 0 Å². The van der Waals surface area contributed by atoms with Crippen molar-refractivity contribution in [2.45, 2.75) is 25.7 Å². The summed E-state index contributed by atoms with van der Waals surface area (Å²) in [5.74, 6) is 0.905. The molecule has 0 unspecified atom stereocenters. The first-order valence-electron chi connectivity index (χ1n) is 5.48. The lowest BCUT2D eigenvalue weighted by atomic mass is 10.2. The van der Waals surface area contributed by atoms with Crippen LogP contribution >= 0.6 is 0 Å². The van der Waals surface area contributed by atoms with E-state index in [-0.39, 0.29) is 0 Å². The van der Waals surface area contributed by atoms with Crippen molar-refractivity contribution in [1.82, 2.24) is 4.98 Å². The monoisotopic (exact) mass is 203 g/mol. The molecule has 0 saturated carbocycles. The molecule has 0 amide bonds. The van der Waals surface area contributed by atoms with Crippen LogP contribution in [0.4, 0.5) is 11.5 Å². The zero-order valence-electron chi connectivity index (χ0n) is 8.87. The van der Waals surface area contributed by atoms with Gasteiger partial charge in [-0.15, -0.1) is 0 Å². The van der Waals surface area contributed by atoms with E-state index in [1.54, 1.807) is 11.8 Å². The summed E-state index contributed by atoms with van der Waals surface area (Å²) in [6, 6.07) is 3.78. The Morgan fingerprint density at radius 1 is 1.40 bits per heavy atom. The lowest BCUT2D eigenvalue weighted by Gasteiger charge is -2.05. The minimum absolute atomic E-state index is 0.707. The summed E-state index contributed by atoms with van der Waals surface area (Å²) in [4.78, 5) is 4.19. The third kappa shape index (κ3) is 2.98. The molecular weight excluding hydrogens is 186 g/mol. The van der Waals surface area contributed by atoms with Crippen LogP contribution in [0.25, 0.3) is 0 Å². The van der Waals surface area contributed by atoms with E-state index in [0.29, 0.717) is 5.69 Å². The Hall–Kier alpha value is -1.51. The van der Waals surface area contributed by atoms with Crippen LogP contribution in [0.5, 0.6) is 0 Å². The van der Waals surface area contributed by atoms with Gasteiger partial charge < -0.3 is 11.1 Å². The molecule has 3 heteroatoms. The maximum atomic E-state index is 5.56. The Balaban J connectivity index is 1.75. The normalized spacial score (nSPS) is 15.1. The van der Waals surface area contributed by atoms with Crippen molar-refractivity contribution in [3.05, 3.63) is 30.0 Å². The highest BCUT2D eigenvalue weighted by Gasteiger charge is 2.03. The second-order valence-electron chi connectivity index (χ2n) is 3.91. The van der Waals surface area contributed by atoms with E-state index in [4.69, 9.17) is 5.73 Å². The zero-order chi connectivity index (χ0) is 10.5. The van der Waals surface area contributed by atoms with Gasteiger partial charge in [0.2, 0.25) is 0 Å². The number of pyridine rings is 1. The molecular formula is C12H17N3. The predicted octanol–water partition coefficient (Wildman–Crippen LogP) is 2.58. The van der Waals surface area contributed by atoms with E-state index in [9.17, 15) is 0 Å². The molecule has 0 atom stereocenters. The number of anilines is 2. The number of aromatic nitrogens is 1. The number of hydrogen-bond acceptors (Lipinski definition) is 3. The molecule has 0 saturated heterocycles. The van der Waals surface area contributed by atoms with Gasteiger partial charge in [-0.1, -0.05) is 11.6 Å². The SMILES string of the molecule is Nc1ccc(NCCC2=CCCC2)nc1. The predicted molar refractivity (Wildman–Crippen MR) is 63.7 cm³/mol. The minimum Gasteiger partial charge on any atom is -0.397 e. The van der Waals surface area contributed by atoms with Gasteiger partial charge in [-0.25, -0.2) is 4.98 Å². The summed E-state index contributed by atoms with van der Waals surface area (Å²) in [6.45, 7) is 0.961. The van der Waals surface area contributed by atoms with Crippen molar-refractivity contribution < 1.29 is 0 Å². The summed E-state index contributed by atoms with van der Waals surface area (Å²) in [7, 11) is 0. The van der Waals surface area contributed by atoms with Crippen LogP contribution < -0.4 is 11.1 Å². The first kappa shape index (κ1) is 10.0. The third-order valence-electron chi connectivity index (χ3n) is 2.67. The summed E-state index contributed by atoms with van der Waals surface area (Å²) in [5, 5.41) is 3.29. The standard InChI is InChI=1S/C12H17N3/c13-11-5-6-12(15-9-11)14-8-7-10-3-1-2-4-10/h3,5-6,9H,1-2,4,7-8,13H2,(H,14,15). The number of nitrogens with two attached hydrogens (primary N) is 1. The average molecular weight is 203 g/mol. The average Bonchev–Trinajstić information content (AvgIpc) is 2.74. The van der Waals surface area contributed by atoms with Gasteiger partial charge in [0.1, 0.15) is 5.82 Å². The number of rotatable bonds is 4. The van der Waals surface area contributed by atoms with Crippen molar-refractivity contribution in [2.75, 3.05) is 17.6 Å². The summed E-state index contributed by atoms with van der Waals surface area (Å²) in [5.41, 5.74) is 7.84. The minimum atomic E-state index is 0.707. The van der Waals surface area contributed by atoms with Gasteiger partial charge in [0.15, 0.2) is 0 Å². The van der Waals surface area contributed by atoms with Crippen LogP contribution in [0.15, 0.2) is 30.0 Å². The summed E-state index contributed by atoms with van der Waals surface area (Å²) in [6.07, 6.45) is 9.03. The molecule has 0 aromatic carbocycles. The van der Waals surface area contributed by atoms with Gasteiger partial charge in [-0.05, 0) is 37.8 Å². The number of nitrogens with one attached hydrogen (secondary N) is 1. The maximum absolute atomic E-state index is 5.56. The third-order valence-corrected chi connectivity index (χ3v) is 2.67.